The van der Waals surface area contributed by atoms with Crippen molar-refractivity contribution in [3.05, 3.63) is 58.1 Å². The molecule has 2 N–H and O–H groups in total. The lowest BCUT2D eigenvalue weighted by Crippen LogP contribution is -2.23. The van der Waals surface area contributed by atoms with Crippen LogP contribution in [-0.2, 0) is 0 Å². The van der Waals surface area contributed by atoms with Crippen molar-refractivity contribution in [1.29, 1.82) is 0 Å². The van der Waals surface area contributed by atoms with Crippen LogP contribution in [0.1, 0.15) is 34.1 Å². The third-order valence-electron chi connectivity index (χ3n) is 3.35. The van der Waals surface area contributed by atoms with Gasteiger partial charge in [0, 0.05) is 22.3 Å². The van der Waals surface area contributed by atoms with E-state index in [9.17, 15) is 9.59 Å². The molecule has 0 aromatic heterocycles. The van der Waals surface area contributed by atoms with Gasteiger partial charge in [0.05, 0.1) is 12.7 Å². The van der Waals surface area contributed by atoms with E-state index in [-0.39, 0.29) is 11.8 Å². The van der Waals surface area contributed by atoms with Gasteiger partial charge in [-0.3, -0.25) is 9.59 Å². The quantitative estimate of drug-likeness (QED) is 0.786. The second-order valence-corrected chi connectivity index (χ2v) is 6.05. The maximum Gasteiger partial charge on any atom is 0.259 e. The van der Waals surface area contributed by atoms with Crippen LogP contribution < -0.4 is 15.4 Å². The molecule has 0 fully saturated rings. The number of amides is 2. The molecule has 0 aliphatic carbocycles. The summed E-state index contributed by atoms with van der Waals surface area (Å²) >= 11 is 3.35. The predicted octanol–water partition coefficient (Wildman–Crippen LogP) is 3.85. The van der Waals surface area contributed by atoms with Gasteiger partial charge in [-0.15, -0.1) is 0 Å². The number of anilines is 1. The van der Waals surface area contributed by atoms with Crippen LogP contribution in [0.4, 0.5) is 5.69 Å². The average molecular weight is 391 g/mol. The standard InChI is InChI=1S/C18H19BrN2O3/c1-3-10-20-17(22)12-4-7-14(8-5-12)21-18(23)15-11-13(19)6-9-16(15)24-2/h4-9,11H,3,10H2,1-2H3,(H,20,22)(H,21,23). The monoisotopic (exact) mass is 390 g/mol. The zero-order valence-corrected chi connectivity index (χ0v) is 15.1. The Morgan fingerprint density at radius 2 is 1.79 bits per heavy atom. The van der Waals surface area contributed by atoms with Crippen LogP contribution >= 0.6 is 15.9 Å². The normalized spacial score (nSPS) is 10.1. The van der Waals surface area contributed by atoms with Crippen LogP contribution in [0.3, 0.4) is 0 Å². The lowest BCUT2D eigenvalue weighted by molar-refractivity contribution is 0.0953. The summed E-state index contributed by atoms with van der Waals surface area (Å²) in [6.07, 6.45) is 0.883. The molecule has 0 saturated carbocycles. The van der Waals surface area contributed by atoms with Gasteiger partial charge >= 0.3 is 0 Å². The highest BCUT2D eigenvalue weighted by Gasteiger charge is 2.13. The number of hydrogen-bond donors (Lipinski definition) is 2. The summed E-state index contributed by atoms with van der Waals surface area (Å²) in [5, 5.41) is 5.61. The van der Waals surface area contributed by atoms with E-state index in [0.29, 0.717) is 29.1 Å². The topological polar surface area (TPSA) is 67.4 Å². The fourth-order valence-corrected chi connectivity index (χ4v) is 2.46. The Morgan fingerprint density at radius 1 is 1.08 bits per heavy atom. The van der Waals surface area contributed by atoms with Crippen LogP contribution in [0.15, 0.2) is 46.9 Å². The summed E-state index contributed by atoms with van der Waals surface area (Å²) in [6, 6.07) is 12.0. The van der Waals surface area contributed by atoms with E-state index < -0.39 is 0 Å². The number of ether oxygens (including phenoxy) is 1. The minimum atomic E-state index is -0.281. The molecule has 2 aromatic carbocycles. The molecule has 0 saturated heterocycles. The number of benzene rings is 2. The Labute approximate surface area is 149 Å². The molecule has 0 atom stereocenters. The molecule has 0 heterocycles. The first-order valence-corrected chi connectivity index (χ1v) is 8.37. The number of hydrogen-bond acceptors (Lipinski definition) is 3. The van der Waals surface area contributed by atoms with Gasteiger partial charge in [0.25, 0.3) is 11.8 Å². The van der Waals surface area contributed by atoms with E-state index in [1.54, 1.807) is 42.5 Å². The maximum atomic E-state index is 12.4. The van der Waals surface area contributed by atoms with E-state index in [1.165, 1.54) is 7.11 Å². The molecular weight excluding hydrogens is 372 g/mol. The zero-order valence-electron chi connectivity index (χ0n) is 13.6. The largest absolute Gasteiger partial charge is 0.496 e. The molecule has 0 unspecified atom stereocenters. The molecule has 0 aliphatic rings. The van der Waals surface area contributed by atoms with Crippen molar-refractivity contribution in [3.63, 3.8) is 0 Å². The molecule has 0 radical (unpaired) electrons. The second kappa shape index (κ2) is 8.49. The van der Waals surface area contributed by atoms with Gasteiger partial charge in [0.2, 0.25) is 0 Å². The summed E-state index contributed by atoms with van der Waals surface area (Å²) in [6.45, 7) is 2.63. The van der Waals surface area contributed by atoms with Crippen molar-refractivity contribution in [2.75, 3.05) is 19.0 Å². The van der Waals surface area contributed by atoms with Crippen molar-refractivity contribution in [3.8, 4) is 5.75 Å². The highest BCUT2D eigenvalue weighted by Crippen LogP contribution is 2.24. The van der Waals surface area contributed by atoms with Crippen molar-refractivity contribution >= 4 is 33.4 Å². The molecule has 0 aliphatic heterocycles. The smallest absolute Gasteiger partial charge is 0.259 e. The van der Waals surface area contributed by atoms with Gasteiger partial charge in [-0.2, -0.15) is 0 Å². The first-order valence-electron chi connectivity index (χ1n) is 7.58. The Balaban J connectivity index is 2.10. The molecular formula is C18H19BrN2O3. The van der Waals surface area contributed by atoms with Crippen LogP contribution in [0, 0.1) is 0 Å². The van der Waals surface area contributed by atoms with Gasteiger partial charge in [-0.05, 0) is 48.9 Å². The predicted molar refractivity (Wildman–Crippen MR) is 97.7 cm³/mol. The van der Waals surface area contributed by atoms with Crippen molar-refractivity contribution in [2.45, 2.75) is 13.3 Å². The Kier molecular flexibility index (Phi) is 6.37. The van der Waals surface area contributed by atoms with Gasteiger partial charge in [-0.25, -0.2) is 0 Å². The second-order valence-electron chi connectivity index (χ2n) is 5.13. The fourth-order valence-electron chi connectivity index (χ4n) is 2.10. The number of carbonyl (C=O) groups excluding carboxylic acids is 2. The van der Waals surface area contributed by atoms with Gasteiger partial charge in [0.1, 0.15) is 5.75 Å². The number of nitrogens with one attached hydrogen (secondary N) is 2. The number of halogens is 1. The average Bonchev–Trinajstić information content (AvgIpc) is 2.60. The summed E-state index contributed by atoms with van der Waals surface area (Å²) in [7, 11) is 1.52. The molecule has 24 heavy (non-hydrogen) atoms. The summed E-state index contributed by atoms with van der Waals surface area (Å²) in [4.78, 5) is 24.3. The Bertz CT molecular complexity index is 730. The van der Waals surface area contributed by atoms with E-state index in [1.807, 2.05) is 6.92 Å². The minimum Gasteiger partial charge on any atom is -0.496 e. The summed E-state index contributed by atoms with van der Waals surface area (Å²) < 4.78 is 6.00. The minimum absolute atomic E-state index is 0.122. The first-order chi connectivity index (χ1) is 11.5. The lowest BCUT2D eigenvalue weighted by Gasteiger charge is -2.10. The number of rotatable bonds is 6. The van der Waals surface area contributed by atoms with Crippen molar-refractivity contribution in [1.82, 2.24) is 5.32 Å². The fraction of sp³-hybridized carbons (Fsp3) is 0.222. The molecule has 2 rings (SSSR count). The molecule has 2 amide bonds. The molecule has 5 nitrogen and oxygen atoms in total. The van der Waals surface area contributed by atoms with Gasteiger partial charge < -0.3 is 15.4 Å². The summed E-state index contributed by atoms with van der Waals surface area (Å²) in [5.41, 5.74) is 1.59. The van der Waals surface area contributed by atoms with Crippen LogP contribution in [0.2, 0.25) is 0 Å². The number of carbonyl (C=O) groups is 2. The highest BCUT2D eigenvalue weighted by atomic mass is 79.9. The van der Waals surface area contributed by atoms with E-state index in [0.717, 1.165) is 10.9 Å². The van der Waals surface area contributed by atoms with E-state index in [2.05, 4.69) is 26.6 Å². The summed E-state index contributed by atoms with van der Waals surface area (Å²) in [5.74, 6) is 0.0889. The third-order valence-corrected chi connectivity index (χ3v) is 3.84. The van der Waals surface area contributed by atoms with Gasteiger partial charge in [-0.1, -0.05) is 22.9 Å². The highest BCUT2D eigenvalue weighted by molar-refractivity contribution is 9.10. The lowest BCUT2D eigenvalue weighted by atomic mass is 10.1. The van der Waals surface area contributed by atoms with Crippen LogP contribution in [0.25, 0.3) is 0 Å². The van der Waals surface area contributed by atoms with Crippen molar-refractivity contribution in [2.24, 2.45) is 0 Å². The first kappa shape index (κ1) is 18.0. The van der Waals surface area contributed by atoms with E-state index in [4.69, 9.17) is 4.74 Å². The number of methoxy groups -OCH3 is 1. The Hall–Kier alpha value is -2.34. The van der Waals surface area contributed by atoms with E-state index >= 15 is 0 Å². The molecule has 6 heteroatoms. The van der Waals surface area contributed by atoms with Crippen molar-refractivity contribution < 1.29 is 14.3 Å². The third kappa shape index (κ3) is 4.58. The molecule has 0 spiro atoms. The van der Waals surface area contributed by atoms with Crippen LogP contribution in [0.5, 0.6) is 5.75 Å². The zero-order chi connectivity index (χ0) is 17.5. The SMILES string of the molecule is CCCNC(=O)c1ccc(NC(=O)c2cc(Br)ccc2OC)cc1. The Morgan fingerprint density at radius 3 is 2.42 bits per heavy atom. The molecule has 126 valence electrons. The molecule has 0 bridgehead atoms. The maximum absolute atomic E-state index is 12.4. The molecule has 2 aromatic rings. The van der Waals surface area contributed by atoms with Gasteiger partial charge in [0.15, 0.2) is 0 Å². The van der Waals surface area contributed by atoms with Crippen LogP contribution in [-0.4, -0.2) is 25.5 Å².